The van der Waals surface area contributed by atoms with Crippen LogP contribution in [0.5, 0.6) is 0 Å². The van der Waals surface area contributed by atoms with E-state index in [1.54, 1.807) is 31.2 Å². The number of urea groups is 1. The van der Waals surface area contributed by atoms with Gasteiger partial charge >= 0.3 is 6.03 Å². The summed E-state index contributed by atoms with van der Waals surface area (Å²) in [5.41, 5.74) is 0.745. The number of tetrazole rings is 1. The van der Waals surface area contributed by atoms with E-state index in [1.165, 1.54) is 4.80 Å². The average molecular weight is 321 g/mol. The van der Waals surface area contributed by atoms with Gasteiger partial charge in [0.15, 0.2) is 0 Å². The molecule has 2 heterocycles. The van der Waals surface area contributed by atoms with Crippen molar-refractivity contribution in [3.05, 3.63) is 29.3 Å². The van der Waals surface area contributed by atoms with Crippen LogP contribution >= 0.6 is 11.6 Å². The Bertz CT molecular complexity index is 714. The first-order valence-electron chi connectivity index (χ1n) is 6.71. The summed E-state index contributed by atoms with van der Waals surface area (Å²) in [6.45, 7) is 2.43. The van der Waals surface area contributed by atoms with Crippen LogP contribution in [0.25, 0.3) is 11.4 Å². The zero-order valence-corrected chi connectivity index (χ0v) is 12.5. The Morgan fingerprint density at radius 3 is 2.73 bits per heavy atom. The van der Waals surface area contributed by atoms with Gasteiger partial charge in [0, 0.05) is 23.7 Å². The fraction of sp³-hybridized carbons (Fsp3) is 0.308. The summed E-state index contributed by atoms with van der Waals surface area (Å²) in [7, 11) is 0. The lowest BCUT2D eigenvalue weighted by Crippen LogP contribution is -2.39. The number of hydrogen-bond acceptors (Lipinski definition) is 5. The Labute approximate surface area is 131 Å². The van der Waals surface area contributed by atoms with Crippen LogP contribution in [0.3, 0.4) is 0 Å². The van der Waals surface area contributed by atoms with Crippen molar-refractivity contribution in [3.8, 4) is 11.4 Å². The maximum atomic E-state index is 12.3. The topological polar surface area (TPSA) is 93.0 Å². The molecule has 1 fully saturated rings. The van der Waals surface area contributed by atoms with E-state index in [0.29, 0.717) is 23.9 Å². The molecule has 3 amide bonds. The smallest absolute Gasteiger partial charge is 0.324 e. The number of nitrogens with one attached hydrogen (secondary N) is 1. The van der Waals surface area contributed by atoms with E-state index in [1.807, 2.05) is 0 Å². The largest absolute Gasteiger partial charge is 0.336 e. The van der Waals surface area contributed by atoms with E-state index in [9.17, 15) is 9.59 Å². The lowest BCUT2D eigenvalue weighted by molar-refractivity contribution is -0.131. The van der Waals surface area contributed by atoms with Crippen molar-refractivity contribution in [3.63, 3.8) is 0 Å². The van der Waals surface area contributed by atoms with Crippen LogP contribution in [0.1, 0.15) is 13.0 Å². The summed E-state index contributed by atoms with van der Waals surface area (Å²) < 4.78 is 0. The molecule has 1 aliphatic heterocycles. The van der Waals surface area contributed by atoms with Gasteiger partial charge in [0.1, 0.15) is 6.04 Å². The molecule has 1 N–H and O–H groups in total. The number of amides is 3. The van der Waals surface area contributed by atoms with Crippen molar-refractivity contribution >= 4 is 23.5 Å². The number of imide groups is 1. The lowest BCUT2D eigenvalue weighted by atomic mass is 10.2. The summed E-state index contributed by atoms with van der Waals surface area (Å²) in [6.07, 6.45) is 0. The van der Waals surface area contributed by atoms with Gasteiger partial charge < -0.3 is 5.32 Å². The predicted molar refractivity (Wildman–Crippen MR) is 78.1 cm³/mol. The van der Waals surface area contributed by atoms with Crippen LogP contribution < -0.4 is 5.32 Å². The van der Waals surface area contributed by atoms with E-state index < -0.39 is 12.1 Å². The summed E-state index contributed by atoms with van der Waals surface area (Å²) >= 11 is 5.83. The molecule has 9 heteroatoms. The van der Waals surface area contributed by atoms with E-state index in [4.69, 9.17) is 11.6 Å². The number of rotatable bonds is 3. The Morgan fingerprint density at radius 1 is 1.36 bits per heavy atom. The first kappa shape index (κ1) is 14.5. The summed E-state index contributed by atoms with van der Waals surface area (Å²) in [4.78, 5) is 26.1. The fourth-order valence-electron chi connectivity index (χ4n) is 2.11. The van der Waals surface area contributed by atoms with E-state index in [0.717, 1.165) is 10.5 Å². The maximum Gasteiger partial charge on any atom is 0.324 e. The first-order chi connectivity index (χ1) is 10.6. The number of halogens is 1. The molecule has 0 saturated carbocycles. The summed E-state index contributed by atoms with van der Waals surface area (Å²) in [5.74, 6) is 0.0252. The second kappa shape index (κ2) is 5.72. The molecule has 1 aromatic heterocycles. The van der Waals surface area contributed by atoms with E-state index >= 15 is 0 Å². The van der Waals surface area contributed by atoms with Gasteiger partial charge in [-0.05, 0) is 36.4 Å². The van der Waals surface area contributed by atoms with Crippen LogP contribution in [-0.4, -0.2) is 50.1 Å². The Morgan fingerprint density at radius 2 is 2.09 bits per heavy atom. The molecule has 0 aliphatic carbocycles. The third-order valence-corrected chi connectivity index (χ3v) is 3.61. The van der Waals surface area contributed by atoms with Crippen LogP contribution in [-0.2, 0) is 4.79 Å². The molecule has 1 saturated heterocycles. The molecule has 0 radical (unpaired) electrons. The van der Waals surface area contributed by atoms with Gasteiger partial charge in [-0.15, -0.1) is 10.2 Å². The van der Waals surface area contributed by atoms with Crippen molar-refractivity contribution in [1.29, 1.82) is 0 Å². The maximum absolute atomic E-state index is 12.3. The highest BCUT2D eigenvalue weighted by atomic mass is 35.5. The van der Waals surface area contributed by atoms with E-state index in [2.05, 4.69) is 20.7 Å². The Hall–Kier alpha value is -2.48. The quantitative estimate of drug-likeness (QED) is 0.914. The third-order valence-electron chi connectivity index (χ3n) is 3.36. The van der Waals surface area contributed by atoms with Crippen LogP contribution in [0.4, 0.5) is 4.79 Å². The second-order valence-corrected chi connectivity index (χ2v) is 5.27. The standard InChI is InChI=1S/C13H13ClN6O2/c1-8(12(21)19-7-6-15-13(19)22)20-17-11(16-18-20)9-2-4-10(14)5-3-9/h2-5,8H,6-7H2,1H3,(H,15,22). The van der Waals surface area contributed by atoms with E-state index in [-0.39, 0.29) is 5.91 Å². The highest BCUT2D eigenvalue weighted by Gasteiger charge is 2.31. The molecule has 2 aromatic rings. The first-order valence-corrected chi connectivity index (χ1v) is 7.08. The monoisotopic (exact) mass is 320 g/mol. The minimum atomic E-state index is -0.711. The Kier molecular flexibility index (Phi) is 3.76. The van der Waals surface area contributed by atoms with Crippen LogP contribution in [0.2, 0.25) is 5.02 Å². The summed E-state index contributed by atoms with van der Waals surface area (Å²) in [5, 5.41) is 15.2. The molecule has 0 bridgehead atoms. The number of hydrogen-bond donors (Lipinski definition) is 1. The van der Waals surface area contributed by atoms with Gasteiger partial charge in [0.25, 0.3) is 5.91 Å². The average Bonchev–Trinajstić information content (AvgIpc) is 3.15. The highest BCUT2D eigenvalue weighted by Crippen LogP contribution is 2.18. The highest BCUT2D eigenvalue weighted by molar-refractivity contribution is 6.30. The minimum absolute atomic E-state index is 0.348. The SMILES string of the molecule is CC(C(=O)N1CCNC1=O)n1nnc(-c2ccc(Cl)cc2)n1. The van der Waals surface area contributed by atoms with Crippen LogP contribution in [0, 0.1) is 0 Å². The number of benzene rings is 1. The molecule has 1 aliphatic rings. The number of aromatic nitrogens is 4. The zero-order chi connectivity index (χ0) is 15.7. The van der Waals surface area contributed by atoms with Crippen molar-refractivity contribution < 1.29 is 9.59 Å². The molecule has 0 spiro atoms. The van der Waals surface area contributed by atoms with Gasteiger partial charge in [-0.3, -0.25) is 9.69 Å². The van der Waals surface area contributed by atoms with Crippen LogP contribution in [0.15, 0.2) is 24.3 Å². The van der Waals surface area contributed by atoms with Gasteiger partial charge in [0.2, 0.25) is 5.82 Å². The van der Waals surface area contributed by atoms with Crippen molar-refractivity contribution in [2.24, 2.45) is 0 Å². The zero-order valence-electron chi connectivity index (χ0n) is 11.7. The minimum Gasteiger partial charge on any atom is -0.336 e. The molecule has 3 rings (SSSR count). The van der Waals surface area contributed by atoms with Crippen molar-refractivity contribution in [1.82, 2.24) is 30.4 Å². The number of carbonyl (C=O) groups excluding carboxylic acids is 2. The second-order valence-electron chi connectivity index (χ2n) is 4.84. The molecule has 1 atom stereocenters. The molecule has 114 valence electrons. The van der Waals surface area contributed by atoms with Gasteiger partial charge in [-0.25, -0.2) is 4.79 Å². The lowest BCUT2D eigenvalue weighted by Gasteiger charge is -2.16. The Balaban J connectivity index is 1.79. The van der Waals surface area contributed by atoms with Gasteiger partial charge in [-0.2, -0.15) is 4.80 Å². The van der Waals surface area contributed by atoms with Gasteiger partial charge in [0.05, 0.1) is 0 Å². The van der Waals surface area contributed by atoms with Crippen molar-refractivity contribution in [2.75, 3.05) is 13.1 Å². The molecular weight excluding hydrogens is 308 g/mol. The molecular formula is C13H13ClN6O2. The normalized spacial score (nSPS) is 15.7. The molecule has 1 aromatic carbocycles. The predicted octanol–water partition coefficient (Wildman–Crippen LogP) is 1.11. The number of nitrogens with zero attached hydrogens (tertiary/aromatic N) is 5. The fourth-order valence-corrected chi connectivity index (χ4v) is 2.24. The number of carbonyl (C=O) groups is 2. The molecule has 1 unspecified atom stereocenters. The van der Waals surface area contributed by atoms with Gasteiger partial charge in [-0.1, -0.05) is 11.6 Å². The third kappa shape index (κ3) is 2.64. The molecule has 8 nitrogen and oxygen atoms in total. The molecule has 22 heavy (non-hydrogen) atoms. The van der Waals surface area contributed by atoms with Crippen molar-refractivity contribution in [2.45, 2.75) is 13.0 Å². The summed E-state index contributed by atoms with van der Waals surface area (Å²) in [6, 6.07) is 5.88.